The van der Waals surface area contributed by atoms with Gasteiger partial charge in [-0.2, -0.15) is 0 Å². The van der Waals surface area contributed by atoms with Gasteiger partial charge >= 0.3 is 5.97 Å². The summed E-state index contributed by atoms with van der Waals surface area (Å²) < 4.78 is 4.63. The molecule has 0 heterocycles. The van der Waals surface area contributed by atoms with Crippen molar-refractivity contribution in [3.05, 3.63) is 35.9 Å². The van der Waals surface area contributed by atoms with E-state index in [1.807, 2.05) is 6.07 Å². The second-order valence-corrected chi connectivity index (χ2v) is 5.40. The van der Waals surface area contributed by atoms with E-state index in [2.05, 4.69) is 57.2 Å². The second-order valence-electron chi connectivity index (χ2n) is 4.30. The highest BCUT2D eigenvalue weighted by Gasteiger charge is 2.14. The van der Waals surface area contributed by atoms with Crippen LogP contribution in [0.5, 0.6) is 0 Å². The Balaban J connectivity index is 2.20. The third-order valence-electron chi connectivity index (χ3n) is 2.90. The summed E-state index contributed by atoms with van der Waals surface area (Å²) in [5.41, 5.74) is 1.35. The number of ether oxygens (including phenoxy) is 1. The van der Waals surface area contributed by atoms with E-state index in [4.69, 9.17) is 0 Å². The lowest BCUT2D eigenvalue weighted by Crippen LogP contribution is -2.30. The Hall–Kier alpha value is -0.870. The number of rotatable bonds is 7. The van der Waals surface area contributed by atoms with Gasteiger partial charge in [0.25, 0.3) is 0 Å². The van der Waals surface area contributed by atoms with Crippen molar-refractivity contribution >= 4 is 21.9 Å². The van der Waals surface area contributed by atoms with E-state index in [9.17, 15) is 4.79 Å². The number of halogens is 1. The van der Waals surface area contributed by atoms with E-state index in [1.165, 1.54) is 12.7 Å². The third kappa shape index (κ3) is 5.19. The second kappa shape index (κ2) is 8.27. The molecule has 2 atom stereocenters. The highest BCUT2D eigenvalue weighted by atomic mass is 79.9. The maximum atomic E-state index is 11.2. The molecule has 0 fully saturated rings. The van der Waals surface area contributed by atoms with E-state index in [0.29, 0.717) is 12.5 Å². The molecule has 0 spiro atoms. The number of alkyl halides is 1. The minimum Gasteiger partial charge on any atom is -0.468 e. The van der Waals surface area contributed by atoms with Gasteiger partial charge in [-0.3, -0.25) is 4.79 Å². The van der Waals surface area contributed by atoms with Gasteiger partial charge in [0, 0.05) is 6.54 Å². The SMILES string of the molecule is COC(=O)C(Br)CNCCC(C)c1ccccc1. The predicted octanol–water partition coefficient (Wildman–Crippen LogP) is 2.71. The van der Waals surface area contributed by atoms with Crippen LogP contribution in [0.25, 0.3) is 0 Å². The first-order valence-electron chi connectivity index (χ1n) is 6.12. The maximum absolute atomic E-state index is 11.2. The standard InChI is InChI=1S/C14H20BrNO2/c1-11(12-6-4-3-5-7-12)8-9-16-10-13(15)14(17)18-2/h3-7,11,13,16H,8-10H2,1-2H3. The van der Waals surface area contributed by atoms with Crippen molar-refractivity contribution in [2.45, 2.75) is 24.1 Å². The first-order valence-corrected chi connectivity index (χ1v) is 7.04. The van der Waals surface area contributed by atoms with E-state index in [0.717, 1.165) is 13.0 Å². The van der Waals surface area contributed by atoms with Crippen LogP contribution in [0.3, 0.4) is 0 Å². The van der Waals surface area contributed by atoms with Crippen LogP contribution in [0.1, 0.15) is 24.8 Å². The summed E-state index contributed by atoms with van der Waals surface area (Å²) >= 11 is 3.28. The molecule has 0 saturated carbocycles. The maximum Gasteiger partial charge on any atom is 0.320 e. The monoisotopic (exact) mass is 313 g/mol. The van der Waals surface area contributed by atoms with E-state index < -0.39 is 0 Å². The van der Waals surface area contributed by atoms with Crippen LogP contribution < -0.4 is 5.32 Å². The van der Waals surface area contributed by atoms with Crippen LogP contribution in [0, 0.1) is 0 Å². The fraction of sp³-hybridized carbons (Fsp3) is 0.500. The number of carbonyl (C=O) groups excluding carboxylic acids is 1. The Morgan fingerprint density at radius 3 is 2.67 bits per heavy atom. The molecular formula is C14H20BrNO2. The number of esters is 1. The van der Waals surface area contributed by atoms with Crippen molar-refractivity contribution in [2.24, 2.45) is 0 Å². The molecule has 1 aromatic rings. The highest BCUT2D eigenvalue weighted by molar-refractivity contribution is 9.10. The van der Waals surface area contributed by atoms with Gasteiger partial charge < -0.3 is 10.1 Å². The molecule has 0 aliphatic heterocycles. The topological polar surface area (TPSA) is 38.3 Å². The van der Waals surface area contributed by atoms with Gasteiger partial charge in [-0.05, 0) is 24.4 Å². The fourth-order valence-corrected chi connectivity index (χ4v) is 2.12. The summed E-state index contributed by atoms with van der Waals surface area (Å²) in [5, 5.41) is 3.25. The van der Waals surface area contributed by atoms with Crippen LogP contribution in [0.15, 0.2) is 30.3 Å². The molecule has 4 heteroatoms. The lowest BCUT2D eigenvalue weighted by atomic mass is 9.98. The number of hydrogen-bond donors (Lipinski definition) is 1. The smallest absolute Gasteiger partial charge is 0.320 e. The Kier molecular flexibility index (Phi) is 6.98. The molecule has 0 bridgehead atoms. The fourth-order valence-electron chi connectivity index (χ4n) is 1.71. The zero-order valence-electron chi connectivity index (χ0n) is 10.9. The summed E-state index contributed by atoms with van der Waals surface area (Å²) in [6.07, 6.45) is 1.05. The average Bonchev–Trinajstić information content (AvgIpc) is 2.43. The van der Waals surface area contributed by atoms with Gasteiger partial charge in [-0.1, -0.05) is 53.2 Å². The van der Waals surface area contributed by atoms with Gasteiger partial charge in [0.2, 0.25) is 0 Å². The Labute approximate surface area is 117 Å². The Bertz CT molecular complexity index is 356. The molecule has 0 amide bonds. The van der Waals surface area contributed by atoms with E-state index in [1.54, 1.807) is 0 Å². The number of carbonyl (C=O) groups is 1. The molecule has 100 valence electrons. The summed E-state index contributed by atoms with van der Waals surface area (Å²) in [6.45, 7) is 3.69. The van der Waals surface area contributed by atoms with Gasteiger partial charge in [0.1, 0.15) is 4.83 Å². The molecule has 0 radical (unpaired) electrons. The minimum atomic E-state index is -0.269. The molecule has 0 saturated heterocycles. The molecule has 1 aromatic carbocycles. The highest BCUT2D eigenvalue weighted by Crippen LogP contribution is 2.17. The number of methoxy groups -OCH3 is 1. The summed E-state index contributed by atoms with van der Waals surface area (Å²) in [5.74, 6) is 0.282. The number of nitrogens with one attached hydrogen (secondary N) is 1. The first kappa shape index (κ1) is 15.2. The Morgan fingerprint density at radius 1 is 1.39 bits per heavy atom. The molecule has 0 aliphatic rings. The minimum absolute atomic E-state index is 0.237. The summed E-state index contributed by atoms with van der Waals surface area (Å²) in [7, 11) is 1.40. The molecular weight excluding hydrogens is 294 g/mol. The summed E-state index contributed by atoms with van der Waals surface area (Å²) in [4.78, 5) is 10.9. The van der Waals surface area contributed by atoms with Crippen LogP contribution in [-0.2, 0) is 9.53 Å². The van der Waals surface area contributed by atoms with Crippen molar-refractivity contribution in [3.63, 3.8) is 0 Å². The molecule has 2 unspecified atom stereocenters. The molecule has 0 aliphatic carbocycles. The van der Waals surface area contributed by atoms with Crippen LogP contribution in [0.2, 0.25) is 0 Å². The lowest BCUT2D eigenvalue weighted by Gasteiger charge is -2.13. The molecule has 1 N–H and O–H groups in total. The zero-order valence-corrected chi connectivity index (χ0v) is 12.4. The van der Waals surface area contributed by atoms with Crippen LogP contribution in [0.4, 0.5) is 0 Å². The zero-order chi connectivity index (χ0) is 13.4. The quantitative estimate of drug-likeness (QED) is 0.478. The predicted molar refractivity (Wildman–Crippen MR) is 77.1 cm³/mol. The van der Waals surface area contributed by atoms with Crippen LogP contribution >= 0.6 is 15.9 Å². The van der Waals surface area contributed by atoms with Crippen LogP contribution in [-0.4, -0.2) is 31.0 Å². The first-order chi connectivity index (χ1) is 8.65. The van der Waals surface area contributed by atoms with Gasteiger partial charge in [-0.15, -0.1) is 0 Å². The molecule has 18 heavy (non-hydrogen) atoms. The van der Waals surface area contributed by atoms with E-state index >= 15 is 0 Å². The molecule has 1 rings (SSSR count). The normalized spacial score (nSPS) is 13.9. The van der Waals surface area contributed by atoms with Crippen molar-refractivity contribution in [3.8, 4) is 0 Å². The van der Waals surface area contributed by atoms with Gasteiger partial charge in [0.05, 0.1) is 7.11 Å². The third-order valence-corrected chi connectivity index (χ3v) is 3.60. The Morgan fingerprint density at radius 2 is 2.06 bits per heavy atom. The van der Waals surface area contributed by atoms with Gasteiger partial charge in [0.15, 0.2) is 0 Å². The largest absolute Gasteiger partial charge is 0.468 e. The number of benzene rings is 1. The van der Waals surface area contributed by atoms with Gasteiger partial charge in [-0.25, -0.2) is 0 Å². The van der Waals surface area contributed by atoms with E-state index in [-0.39, 0.29) is 10.8 Å². The summed E-state index contributed by atoms with van der Waals surface area (Å²) in [6, 6.07) is 10.4. The van der Waals surface area contributed by atoms with Crippen molar-refractivity contribution < 1.29 is 9.53 Å². The molecule has 0 aromatic heterocycles. The van der Waals surface area contributed by atoms with Crippen molar-refractivity contribution in [1.29, 1.82) is 0 Å². The lowest BCUT2D eigenvalue weighted by molar-refractivity contribution is -0.139. The average molecular weight is 314 g/mol. The number of hydrogen-bond acceptors (Lipinski definition) is 3. The molecule has 3 nitrogen and oxygen atoms in total. The van der Waals surface area contributed by atoms with Crippen molar-refractivity contribution in [2.75, 3.05) is 20.2 Å². The van der Waals surface area contributed by atoms with Crippen molar-refractivity contribution in [1.82, 2.24) is 5.32 Å².